The molecule has 0 bridgehead atoms. The predicted molar refractivity (Wildman–Crippen MR) is 94.6 cm³/mol. The third-order valence-corrected chi connectivity index (χ3v) is 4.68. The van der Waals surface area contributed by atoms with Crippen molar-refractivity contribution in [2.45, 2.75) is 13.0 Å². The Kier molecular flexibility index (Phi) is 3.73. The first-order valence-electron chi connectivity index (χ1n) is 7.68. The van der Waals surface area contributed by atoms with Crippen molar-refractivity contribution in [2.75, 3.05) is 0 Å². The summed E-state index contributed by atoms with van der Waals surface area (Å²) in [6.07, 6.45) is 3.83. The number of benzene rings is 1. The van der Waals surface area contributed by atoms with Crippen LogP contribution in [0.1, 0.15) is 29.1 Å². The highest BCUT2D eigenvalue weighted by Crippen LogP contribution is 2.27. The molecule has 0 fully saturated rings. The van der Waals surface area contributed by atoms with Gasteiger partial charge in [-0.15, -0.1) is 11.3 Å². The Morgan fingerprint density at radius 1 is 1.40 bits per heavy atom. The van der Waals surface area contributed by atoms with Crippen molar-refractivity contribution >= 4 is 22.2 Å². The van der Waals surface area contributed by atoms with Crippen molar-refractivity contribution in [2.24, 2.45) is 0 Å². The molecule has 0 saturated carbocycles. The lowest BCUT2D eigenvalue weighted by atomic mass is 10.1. The van der Waals surface area contributed by atoms with E-state index in [0.717, 1.165) is 10.7 Å². The molecule has 0 unspecified atom stereocenters. The number of aromatic amines is 1. The van der Waals surface area contributed by atoms with Gasteiger partial charge in [-0.2, -0.15) is 5.10 Å². The Bertz CT molecular complexity index is 1020. The first kappa shape index (κ1) is 15.4. The van der Waals surface area contributed by atoms with Crippen molar-refractivity contribution in [3.63, 3.8) is 0 Å². The monoisotopic (exact) mass is 353 g/mol. The summed E-state index contributed by atoms with van der Waals surface area (Å²) in [5, 5.41) is 21.6. The number of imidazole rings is 1. The van der Waals surface area contributed by atoms with Crippen LogP contribution in [0, 0.1) is 0 Å². The molecule has 0 saturated heterocycles. The van der Waals surface area contributed by atoms with Crippen LogP contribution >= 0.6 is 11.3 Å². The summed E-state index contributed by atoms with van der Waals surface area (Å²) in [5.41, 5.74) is 2.20. The number of nitrogens with one attached hydrogen (secondary N) is 2. The minimum absolute atomic E-state index is 0.118. The van der Waals surface area contributed by atoms with Crippen LogP contribution in [0.5, 0.6) is 5.75 Å². The summed E-state index contributed by atoms with van der Waals surface area (Å²) in [6.45, 7) is 1.88. The minimum atomic E-state index is -0.280. The number of para-hydroxylation sites is 1. The SMILES string of the molecule is C[C@H](NC(=O)c1cc(-c2ccccc2O)n[nH]1)c1cn2ccsc2n1. The summed E-state index contributed by atoms with van der Waals surface area (Å²) in [7, 11) is 0. The smallest absolute Gasteiger partial charge is 0.269 e. The molecule has 3 N–H and O–H groups in total. The highest BCUT2D eigenvalue weighted by Gasteiger charge is 2.17. The van der Waals surface area contributed by atoms with E-state index in [1.165, 1.54) is 0 Å². The summed E-state index contributed by atoms with van der Waals surface area (Å²) in [6, 6.07) is 8.23. The highest BCUT2D eigenvalue weighted by atomic mass is 32.1. The molecule has 3 aromatic heterocycles. The van der Waals surface area contributed by atoms with Crippen molar-refractivity contribution in [1.29, 1.82) is 0 Å². The standard InChI is InChI=1S/C17H15N5O2S/c1-10(14-9-22-6-7-25-17(22)19-14)18-16(24)13-8-12(20-21-13)11-4-2-3-5-15(11)23/h2-10,23H,1H3,(H,18,24)(H,20,21)/t10-/m0/s1. The molecule has 126 valence electrons. The molecule has 1 atom stereocenters. The van der Waals surface area contributed by atoms with E-state index in [1.54, 1.807) is 41.7 Å². The Morgan fingerprint density at radius 3 is 3.04 bits per heavy atom. The maximum Gasteiger partial charge on any atom is 0.269 e. The number of hydrogen-bond acceptors (Lipinski definition) is 5. The number of carbonyl (C=O) groups excluding carboxylic acids is 1. The number of carbonyl (C=O) groups is 1. The van der Waals surface area contributed by atoms with Crippen molar-refractivity contribution < 1.29 is 9.90 Å². The van der Waals surface area contributed by atoms with Gasteiger partial charge in [-0.3, -0.25) is 14.3 Å². The molecule has 1 aromatic carbocycles. The molecule has 4 rings (SSSR count). The third-order valence-electron chi connectivity index (χ3n) is 3.91. The van der Waals surface area contributed by atoms with Crippen molar-refractivity contribution in [3.8, 4) is 17.0 Å². The zero-order chi connectivity index (χ0) is 17.4. The number of fused-ring (bicyclic) bond motifs is 1. The lowest BCUT2D eigenvalue weighted by Crippen LogP contribution is -2.27. The Morgan fingerprint density at radius 2 is 2.24 bits per heavy atom. The molecule has 8 heteroatoms. The zero-order valence-corrected chi connectivity index (χ0v) is 14.1. The van der Waals surface area contributed by atoms with E-state index in [9.17, 15) is 9.90 Å². The number of H-pyrrole nitrogens is 1. The normalized spacial score (nSPS) is 12.4. The number of nitrogens with zero attached hydrogens (tertiary/aromatic N) is 3. The largest absolute Gasteiger partial charge is 0.507 e. The second kappa shape index (κ2) is 6.06. The molecule has 0 aliphatic carbocycles. The summed E-state index contributed by atoms with van der Waals surface area (Å²) in [5.74, 6) is -0.162. The third kappa shape index (κ3) is 2.87. The van der Waals surface area contributed by atoms with Gasteiger partial charge in [-0.05, 0) is 25.1 Å². The van der Waals surface area contributed by atoms with Gasteiger partial charge in [-0.1, -0.05) is 12.1 Å². The van der Waals surface area contributed by atoms with Crippen LogP contribution in [-0.4, -0.2) is 30.6 Å². The van der Waals surface area contributed by atoms with Gasteiger partial charge < -0.3 is 10.4 Å². The first-order chi connectivity index (χ1) is 12.1. The number of rotatable bonds is 4. The Labute approximate surface area is 147 Å². The van der Waals surface area contributed by atoms with Crippen LogP contribution in [0.3, 0.4) is 0 Å². The molecule has 7 nitrogen and oxygen atoms in total. The fourth-order valence-corrected chi connectivity index (χ4v) is 3.28. The van der Waals surface area contributed by atoms with Crippen LogP contribution in [0.4, 0.5) is 0 Å². The van der Waals surface area contributed by atoms with E-state index in [-0.39, 0.29) is 17.7 Å². The molecular weight excluding hydrogens is 338 g/mol. The van der Waals surface area contributed by atoms with Gasteiger partial charge in [0.05, 0.1) is 17.4 Å². The molecule has 1 amide bonds. The molecular formula is C17H15N5O2S. The molecule has 0 aliphatic rings. The van der Waals surface area contributed by atoms with Gasteiger partial charge in [0.1, 0.15) is 11.4 Å². The second-order valence-corrected chi connectivity index (χ2v) is 6.51. The number of aromatic nitrogens is 4. The average molecular weight is 353 g/mol. The van der Waals surface area contributed by atoms with Crippen LogP contribution in [0.15, 0.2) is 48.1 Å². The van der Waals surface area contributed by atoms with Crippen LogP contribution in [0.25, 0.3) is 16.2 Å². The summed E-state index contributed by atoms with van der Waals surface area (Å²) < 4.78 is 1.93. The maximum absolute atomic E-state index is 12.4. The molecule has 0 spiro atoms. The van der Waals surface area contributed by atoms with E-state index < -0.39 is 0 Å². The van der Waals surface area contributed by atoms with E-state index in [1.807, 2.05) is 29.1 Å². The molecule has 25 heavy (non-hydrogen) atoms. The van der Waals surface area contributed by atoms with E-state index in [0.29, 0.717) is 17.0 Å². The highest BCUT2D eigenvalue weighted by molar-refractivity contribution is 7.15. The number of phenols is 1. The lowest BCUT2D eigenvalue weighted by molar-refractivity contribution is 0.0934. The Hall–Kier alpha value is -3.13. The number of thiazole rings is 1. The fourth-order valence-electron chi connectivity index (χ4n) is 2.57. The number of hydrogen-bond donors (Lipinski definition) is 3. The molecule has 0 aliphatic heterocycles. The number of phenolic OH excluding ortho intramolecular Hbond substituents is 1. The Balaban J connectivity index is 1.51. The zero-order valence-electron chi connectivity index (χ0n) is 13.3. The van der Waals surface area contributed by atoms with Gasteiger partial charge in [0.2, 0.25) is 0 Å². The van der Waals surface area contributed by atoms with Gasteiger partial charge in [0.25, 0.3) is 5.91 Å². The maximum atomic E-state index is 12.4. The van der Waals surface area contributed by atoms with Crippen molar-refractivity contribution in [1.82, 2.24) is 24.9 Å². The topological polar surface area (TPSA) is 95.3 Å². The average Bonchev–Trinajstić information content (AvgIpc) is 3.30. The first-order valence-corrected chi connectivity index (χ1v) is 8.56. The van der Waals surface area contributed by atoms with E-state index >= 15 is 0 Å². The quantitative estimate of drug-likeness (QED) is 0.525. The minimum Gasteiger partial charge on any atom is -0.507 e. The van der Waals surface area contributed by atoms with Gasteiger partial charge >= 0.3 is 0 Å². The predicted octanol–water partition coefficient (Wildman–Crippen LogP) is 2.98. The summed E-state index contributed by atoms with van der Waals surface area (Å²) >= 11 is 1.54. The van der Waals surface area contributed by atoms with Gasteiger partial charge in [-0.25, -0.2) is 4.98 Å². The second-order valence-electron chi connectivity index (χ2n) is 5.64. The van der Waals surface area contributed by atoms with E-state index in [4.69, 9.17) is 0 Å². The van der Waals surface area contributed by atoms with Crippen LogP contribution < -0.4 is 5.32 Å². The number of aromatic hydroxyl groups is 1. The summed E-state index contributed by atoms with van der Waals surface area (Å²) in [4.78, 5) is 17.8. The van der Waals surface area contributed by atoms with Crippen LogP contribution in [-0.2, 0) is 0 Å². The van der Waals surface area contributed by atoms with Crippen molar-refractivity contribution in [3.05, 3.63) is 59.5 Å². The molecule has 4 aromatic rings. The number of amides is 1. The van der Waals surface area contributed by atoms with Gasteiger partial charge in [0.15, 0.2) is 4.96 Å². The fraction of sp³-hybridized carbons (Fsp3) is 0.118. The van der Waals surface area contributed by atoms with E-state index in [2.05, 4.69) is 20.5 Å². The molecule has 3 heterocycles. The van der Waals surface area contributed by atoms with Crippen LogP contribution in [0.2, 0.25) is 0 Å². The molecule has 0 radical (unpaired) electrons. The lowest BCUT2D eigenvalue weighted by Gasteiger charge is -2.10. The van der Waals surface area contributed by atoms with Gasteiger partial charge in [0, 0.05) is 23.3 Å².